The first-order valence-corrected chi connectivity index (χ1v) is 16.0. The molecule has 0 saturated carbocycles. The van der Waals surface area contributed by atoms with Crippen molar-refractivity contribution in [3.05, 3.63) is 169 Å². The molecule has 224 valence electrons. The SMILES string of the molecule is CC1(C)N(c2ccccc2)c2ccccc2N1c1cccc(N(c2ccccc2)c2cn(-c3ccccc3)c3ccccc23)c1Cl. The first-order chi connectivity index (χ1) is 22.5. The molecular formula is C41H33ClN4. The molecule has 2 heterocycles. The first-order valence-electron chi connectivity index (χ1n) is 15.6. The average molecular weight is 617 g/mol. The van der Waals surface area contributed by atoms with E-state index in [-0.39, 0.29) is 0 Å². The minimum Gasteiger partial charge on any atom is -0.316 e. The zero-order chi connectivity index (χ0) is 31.3. The van der Waals surface area contributed by atoms with Crippen LogP contribution in [0.5, 0.6) is 0 Å². The second kappa shape index (κ2) is 11.2. The van der Waals surface area contributed by atoms with Crippen molar-refractivity contribution in [2.24, 2.45) is 0 Å². The Labute approximate surface area is 274 Å². The zero-order valence-corrected chi connectivity index (χ0v) is 26.5. The number of benzene rings is 6. The predicted octanol–water partition coefficient (Wildman–Crippen LogP) is 11.8. The molecule has 0 saturated heterocycles. The van der Waals surface area contributed by atoms with Gasteiger partial charge in [-0.3, -0.25) is 0 Å². The highest BCUT2D eigenvalue weighted by Crippen LogP contribution is 2.55. The molecule has 0 spiro atoms. The smallest absolute Gasteiger partial charge is 0.116 e. The van der Waals surface area contributed by atoms with Gasteiger partial charge in [-0.05, 0) is 80.6 Å². The summed E-state index contributed by atoms with van der Waals surface area (Å²) in [6.45, 7) is 4.51. The molecule has 0 fully saturated rings. The van der Waals surface area contributed by atoms with Gasteiger partial charge in [0, 0.05) is 28.6 Å². The second-order valence-corrected chi connectivity index (χ2v) is 12.4. The third-order valence-corrected chi connectivity index (χ3v) is 9.28. The van der Waals surface area contributed by atoms with Gasteiger partial charge in [0.1, 0.15) is 5.66 Å². The van der Waals surface area contributed by atoms with Crippen LogP contribution in [-0.4, -0.2) is 10.2 Å². The first kappa shape index (κ1) is 28.1. The van der Waals surface area contributed by atoms with Crippen LogP contribution in [0.2, 0.25) is 5.02 Å². The molecule has 8 rings (SSSR count). The van der Waals surface area contributed by atoms with Crippen molar-refractivity contribution >= 4 is 62.3 Å². The van der Waals surface area contributed by atoms with Crippen LogP contribution in [-0.2, 0) is 0 Å². The summed E-state index contributed by atoms with van der Waals surface area (Å²) in [6, 6.07) is 55.1. The summed E-state index contributed by atoms with van der Waals surface area (Å²) in [7, 11) is 0. The molecule has 0 unspecified atom stereocenters. The Morgan fingerprint density at radius 3 is 1.74 bits per heavy atom. The zero-order valence-electron chi connectivity index (χ0n) is 25.8. The molecule has 4 nitrogen and oxygen atoms in total. The van der Waals surface area contributed by atoms with Gasteiger partial charge in [-0.2, -0.15) is 0 Å². The Morgan fingerprint density at radius 2 is 1.04 bits per heavy atom. The summed E-state index contributed by atoms with van der Waals surface area (Å²) in [6.07, 6.45) is 2.22. The largest absolute Gasteiger partial charge is 0.316 e. The third-order valence-electron chi connectivity index (χ3n) is 8.89. The molecule has 1 aliphatic heterocycles. The lowest BCUT2D eigenvalue weighted by Gasteiger charge is -2.41. The van der Waals surface area contributed by atoms with E-state index in [1.54, 1.807) is 0 Å². The van der Waals surface area contributed by atoms with Gasteiger partial charge in [0.15, 0.2) is 0 Å². The van der Waals surface area contributed by atoms with Gasteiger partial charge in [-0.25, -0.2) is 0 Å². The van der Waals surface area contributed by atoms with Crippen molar-refractivity contribution in [1.82, 2.24) is 4.57 Å². The van der Waals surface area contributed by atoms with Crippen molar-refractivity contribution in [2.75, 3.05) is 14.7 Å². The molecule has 7 aromatic rings. The molecule has 0 amide bonds. The third kappa shape index (κ3) is 4.45. The number of anilines is 7. The molecule has 5 heteroatoms. The predicted molar refractivity (Wildman–Crippen MR) is 194 cm³/mol. The molecular weight excluding hydrogens is 584 g/mol. The maximum absolute atomic E-state index is 7.64. The van der Waals surface area contributed by atoms with Crippen molar-refractivity contribution in [1.29, 1.82) is 0 Å². The summed E-state index contributed by atoms with van der Waals surface area (Å²) in [5, 5.41) is 1.82. The van der Waals surface area contributed by atoms with E-state index in [1.165, 1.54) is 0 Å². The Kier molecular flexibility index (Phi) is 6.81. The van der Waals surface area contributed by atoms with Crippen LogP contribution in [0, 0.1) is 0 Å². The standard InChI is InChI=1S/C41H33ClN4/c1-41(2)45(32-21-10-5-11-22-32)35-25-14-15-26-36(35)46(41)38-28-16-27-37(40(38)42)44(31-19-8-4-9-20-31)39-29-43(30-17-6-3-7-18-30)34-24-13-12-23-33(34)39/h3-29H,1-2H3. The molecule has 0 aliphatic carbocycles. The monoisotopic (exact) mass is 616 g/mol. The normalized spacial score (nSPS) is 13.6. The number of aromatic nitrogens is 1. The van der Waals surface area contributed by atoms with Crippen LogP contribution >= 0.6 is 11.6 Å². The van der Waals surface area contributed by atoms with E-state index in [4.69, 9.17) is 11.6 Å². The summed E-state index contributed by atoms with van der Waals surface area (Å²) >= 11 is 7.64. The summed E-state index contributed by atoms with van der Waals surface area (Å²) in [5.74, 6) is 0. The number of hydrogen-bond acceptors (Lipinski definition) is 3. The van der Waals surface area contributed by atoms with E-state index in [1.807, 2.05) is 0 Å². The van der Waals surface area contributed by atoms with E-state index in [9.17, 15) is 0 Å². The van der Waals surface area contributed by atoms with E-state index >= 15 is 0 Å². The van der Waals surface area contributed by atoms with Crippen molar-refractivity contribution in [2.45, 2.75) is 19.5 Å². The Morgan fingerprint density at radius 1 is 0.500 bits per heavy atom. The Hall–Kier alpha value is -5.45. The van der Waals surface area contributed by atoms with E-state index in [2.05, 4.69) is 197 Å². The second-order valence-electron chi connectivity index (χ2n) is 12.0. The molecule has 0 radical (unpaired) electrons. The van der Waals surface area contributed by atoms with Crippen molar-refractivity contribution in [3.8, 4) is 5.69 Å². The highest BCUT2D eigenvalue weighted by molar-refractivity contribution is 6.36. The Balaban J connectivity index is 1.34. The number of hydrogen-bond donors (Lipinski definition) is 0. The lowest BCUT2D eigenvalue weighted by atomic mass is 10.1. The summed E-state index contributed by atoms with van der Waals surface area (Å²) in [4.78, 5) is 7.06. The van der Waals surface area contributed by atoms with Crippen LogP contribution in [0.3, 0.4) is 0 Å². The highest BCUT2D eigenvalue weighted by Gasteiger charge is 2.45. The summed E-state index contributed by atoms with van der Waals surface area (Å²) in [5.41, 5.74) is 9.12. The van der Waals surface area contributed by atoms with Gasteiger partial charge in [0.25, 0.3) is 0 Å². The molecule has 46 heavy (non-hydrogen) atoms. The fourth-order valence-corrected chi connectivity index (χ4v) is 7.26. The quantitative estimate of drug-likeness (QED) is 0.185. The number of rotatable bonds is 6. The highest BCUT2D eigenvalue weighted by atomic mass is 35.5. The van der Waals surface area contributed by atoms with Crippen LogP contribution in [0.1, 0.15) is 13.8 Å². The molecule has 0 N–H and O–H groups in total. The minimum atomic E-state index is -0.450. The maximum Gasteiger partial charge on any atom is 0.116 e. The summed E-state index contributed by atoms with van der Waals surface area (Å²) < 4.78 is 2.26. The van der Waals surface area contributed by atoms with Gasteiger partial charge in [-0.15, -0.1) is 0 Å². The molecule has 1 aromatic heterocycles. The number of halogens is 1. The van der Waals surface area contributed by atoms with Crippen LogP contribution < -0.4 is 14.7 Å². The van der Waals surface area contributed by atoms with E-state index in [0.29, 0.717) is 5.02 Å². The molecule has 0 atom stereocenters. The van der Waals surface area contributed by atoms with Gasteiger partial charge in [0.2, 0.25) is 0 Å². The molecule has 0 bridgehead atoms. The number of fused-ring (bicyclic) bond motifs is 2. The lowest BCUT2D eigenvalue weighted by Crippen LogP contribution is -2.48. The van der Waals surface area contributed by atoms with Gasteiger partial charge in [-0.1, -0.05) is 103 Å². The Bertz CT molecular complexity index is 2160. The van der Waals surface area contributed by atoms with Gasteiger partial charge >= 0.3 is 0 Å². The van der Waals surface area contributed by atoms with E-state index < -0.39 is 5.66 Å². The minimum absolute atomic E-state index is 0.450. The fourth-order valence-electron chi connectivity index (χ4n) is 6.97. The van der Waals surface area contributed by atoms with Crippen LogP contribution in [0.4, 0.5) is 39.8 Å². The molecule has 1 aliphatic rings. The van der Waals surface area contributed by atoms with Gasteiger partial charge < -0.3 is 19.3 Å². The fraction of sp³-hybridized carbons (Fsp3) is 0.0732. The average Bonchev–Trinajstić information content (AvgIpc) is 3.59. The molecule has 6 aromatic carbocycles. The number of para-hydroxylation sites is 6. The van der Waals surface area contributed by atoms with Crippen LogP contribution in [0.25, 0.3) is 16.6 Å². The maximum atomic E-state index is 7.64. The number of nitrogens with zero attached hydrogens (tertiary/aromatic N) is 4. The van der Waals surface area contributed by atoms with Crippen molar-refractivity contribution < 1.29 is 0 Å². The van der Waals surface area contributed by atoms with Gasteiger partial charge in [0.05, 0.1) is 39.0 Å². The lowest BCUT2D eigenvalue weighted by molar-refractivity contribution is 0.540. The topological polar surface area (TPSA) is 14.7 Å². The van der Waals surface area contributed by atoms with Crippen LogP contribution in [0.15, 0.2) is 164 Å². The van der Waals surface area contributed by atoms with Crippen molar-refractivity contribution in [3.63, 3.8) is 0 Å². The van der Waals surface area contributed by atoms with E-state index in [0.717, 1.165) is 56.4 Å².